The van der Waals surface area contributed by atoms with Crippen LogP contribution in [0.25, 0.3) is 0 Å². The van der Waals surface area contributed by atoms with Crippen LogP contribution in [0.4, 0.5) is 0 Å². The zero-order chi connectivity index (χ0) is 11.9. The molecule has 3 heteroatoms. The van der Waals surface area contributed by atoms with E-state index < -0.39 is 0 Å². The van der Waals surface area contributed by atoms with E-state index in [9.17, 15) is 5.11 Å². The Hall–Kier alpha value is -0.730. The van der Waals surface area contributed by atoms with Crippen LogP contribution in [0.15, 0.2) is 6.07 Å². The van der Waals surface area contributed by atoms with Crippen molar-refractivity contribution in [1.82, 2.24) is 0 Å². The highest BCUT2D eigenvalue weighted by atomic mass is 35.5. The highest BCUT2D eigenvalue weighted by Gasteiger charge is 2.35. The van der Waals surface area contributed by atoms with E-state index in [0.29, 0.717) is 5.02 Å². The number of phenolic OH excluding ortho intramolecular Hbond substituents is 1. The fraction of sp³-hybridized carbons (Fsp3) is 0.538. The monoisotopic (exact) mass is 239 g/mol. The molecule has 0 bridgehead atoms. The molecule has 1 saturated carbocycles. The summed E-state index contributed by atoms with van der Waals surface area (Å²) in [7, 11) is 0. The van der Waals surface area contributed by atoms with Gasteiger partial charge in [0.25, 0.3) is 0 Å². The summed E-state index contributed by atoms with van der Waals surface area (Å²) in [5.74, 6) is 0.184. The molecule has 1 aromatic rings. The van der Waals surface area contributed by atoms with Crippen molar-refractivity contribution in [2.24, 2.45) is 5.73 Å². The highest BCUT2D eigenvalue weighted by molar-refractivity contribution is 6.32. The number of hydrogen-bond donors (Lipinski definition) is 2. The second-order valence-corrected chi connectivity index (χ2v) is 5.29. The molecule has 16 heavy (non-hydrogen) atoms. The van der Waals surface area contributed by atoms with Crippen LogP contribution in [0.1, 0.15) is 42.4 Å². The van der Waals surface area contributed by atoms with Crippen LogP contribution in [0.2, 0.25) is 5.02 Å². The molecule has 0 amide bonds. The lowest BCUT2D eigenvalue weighted by molar-refractivity contribution is 0.407. The van der Waals surface area contributed by atoms with Gasteiger partial charge in [-0.1, -0.05) is 30.5 Å². The molecule has 0 atom stereocenters. The van der Waals surface area contributed by atoms with Crippen LogP contribution in [-0.2, 0) is 5.54 Å². The van der Waals surface area contributed by atoms with Gasteiger partial charge in [-0.15, -0.1) is 0 Å². The minimum atomic E-state index is -0.383. The third-order valence-electron chi connectivity index (χ3n) is 3.61. The molecule has 1 aliphatic carbocycles. The van der Waals surface area contributed by atoms with Crippen LogP contribution >= 0.6 is 11.6 Å². The fourth-order valence-electron chi connectivity index (χ4n) is 2.83. The molecule has 0 aromatic heterocycles. The van der Waals surface area contributed by atoms with Crippen LogP contribution in [-0.4, -0.2) is 5.11 Å². The summed E-state index contributed by atoms with van der Waals surface area (Å²) in [6.07, 6.45) is 4.11. The van der Waals surface area contributed by atoms with Gasteiger partial charge in [0, 0.05) is 11.1 Å². The Labute approximate surface area is 101 Å². The van der Waals surface area contributed by atoms with Gasteiger partial charge in [-0.2, -0.15) is 0 Å². The third-order valence-corrected chi connectivity index (χ3v) is 4.09. The largest absolute Gasteiger partial charge is 0.506 e. The van der Waals surface area contributed by atoms with Crippen LogP contribution in [0.5, 0.6) is 5.75 Å². The second kappa shape index (κ2) is 3.94. The quantitative estimate of drug-likeness (QED) is 0.789. The Kier molecular flexibility index (Phi) is 2.89. The van der Waals surface area contributed by atoms with E-state index in [-0.39, 0.29) is 11.3 Å². The first-order chi connectivity index (χ1) is 7.46. The first-order valence-corrected chi connectivity index (χ1v) is 6.11. The first-order valence-electron chi connectivity index (χ1n) is 5.74. The zero-order valence-corrected chi connectivity index (χ0v) is 10.6. The summed E-state index contributed by atoms with van der Waals surface area (Å²) in [5, 5.41) is 10.6. The lowest BCUT2D eigenvalue weighted by Gasteiger charge is -2.28. The predicted molar refractivity (Wildman–Crippen MR) is 66.9 cm³/mol. The normalized spacial score (nSPS) is 19.0. The molecule has 3 N–H and O–H groups in total. The van der Waals surface area contributed by atoms with Crippen LogP contribution in [0, 0.1) is 13.8 Å². The Bertz CT molecular complexity index is 422. The van der Waals surface area contributed by atoms with E-state index in [4.69, 9.17) is 17.3 Å². The standard InChI is InChI=1S/C13H18ClNO/c1-8-7-9(2)11(14)12(16)10(8)13(15)5-3-4-6-13/h7,16H,3-6,15H2,1-2H3. The summed E-state index contributed by atoms with van der Waals surface area (Å²) in [5.41, 5.74) is 8.80. The summed E-state index contributed by atoms with van der Waals surface area (Å²) in [6, 6.07) is 2.00. The van der Waals surface area contributed by atoms with Gasteiger partial charge in [0.15, 0.2) is 0 Å². The molecule has 0 radical (unpaired) electrons. The van der Waals surface area contributed by atoms with Crippen molar-refractivity contribution >= 4 is 11.6 Å². The SMILES string of the molecule is Cc1cc(C)c(C2(N)CCCC2)c(O)c1Cl. The summed E-state index contributed by atoms with van der Waals surface area (Å²) in [6.45, 7) is 3.89. The van der Waals surface area contributed by atoms with Gasteiger partial charge in [0.2, 0.25) is 0 Å². The van der Waals surface area contributed by atoms with Gasteiger partial charge in [-0.25, -0.2) is 0 Å². The summed E-state index contributed by atoms with van der Waals surface area (Å²) < 4.78 is 0. The van der Waals surface area contributed by atoms with Crippen molar-refractivity contribution < 1.29 is 5.11 Å². The number of hydrogen-bond acceptors (Lipinski definition) is 2. The lowest BCUT2D eigenvalue weighted by atomic mass is 9.85. The molecule has 0 heterocycles. The molecule has 1 aliphatic rings. The van der Waals surface area contributed by atoms with Gasteiger partial charge >= 0.3 is 0 Å². The summed E-state index contributed by atoms with van der Waals surface area (Å²) >= 11 is 6.09. The molecule has 1 fully saturated rings. The Morgan fingerprint density at radius 2 is 1.81 bits per heavy atom. The number of aromatic hydroxyl groups is 1. The van der Waals surface area contributed by atoms with E-state index in [1.165, 1.54) is 0 Å². The van der Waals surface area contributed by atoms with Gasteiger partial charge in [-0.3, -0.25) is 0 Å². The maximum Gasteiger partial charge on any atom is 0.139 e. The van der Waals surface area contributed by atoms with Crippen molar-refractivity contribution in [2.75, 3.05) is 0 Å². The highest BCUT2D eigenvalue weighted by Crippen LogP contribution is 2.45. The minimum Gasteiger partial charge on any atom is -0.506 e. The van der Waals surface area contributed by atoms with Crippen LogP contribution in [0.3, 0.4) is 0 Å². The van der Waals surface area contributed by atoms with E-state index in [1.807, 2.05) is 19.9 Å². The predicted octanol–water partition coefficient (Wildman–Crippen LogP) is 3.39. The molecule has 0 saturated heterocycles. The molecule has 0 spiro atoms. The van der Waals surface area contributed by atoms with E-state index >= 15 is 0 Å². The van der Waals surface area contributed by atoms with Gasteiger partial charge in [0.05, 0.1) is 5.02 Å². The molecule has 0 unspecified atom stereocenters. The topological polar surface area (TPSA) is 46.2 Å². The minimum absolute atomic E-state index is 0.184. The molecular weight excluding hydrogens is 222 g/mol. The van der Waals surface area contributed by atoms with Crippen LogP contribution < -0.4 is 5.73 Å². The summed E-state index contributed by atoms with van der Waals surface area (Å²) in [4.78, 5) is 0. The molecule has 88 valence electrons. The number of phenols is 1. The molecule has 1 aromatic carbocycles. The van der Waals surface area contributed by atoms with Crippen molar-refractivity contribution in [3.05, 3.63) is 27.8 Å². The number of aryl methyl sites for hydroxylation is 2. The fourth-order valence-corrected chi connectivity index (χ4v) is 2.98. The smallest absolute Gasteiger partial charge is 0.139 e. The Morgan fingerprint density at radius 3 is 2.38 bits per heavy atom. The molecule has 2 nitrogen and oxygen atoms in total. The van der Waals surface area contributed by atoms with Crippen molar-refractivity contribution in [3.63, 3.8) is 0 Å². The van der Waals surface area contributed by atoms with Crippen molar-refractivity contribution in [1.29, 1.82) is 0 Å². The van der Waals surface area contributed by atoms with Crippen molar-refractivity contribution in [2.45, 2.75) is 45.1 Å². The Morgan fingerprint density at radius 1 is 1.25 bits per heavy atom. The van der Waals surface area contributed by atoms with E-state index in [0.717, 1.165) is 42.4 Å². The zero-order valence-electron chi connectivity index (χ0n) is 9.81. The number of nitrogens with two attached hydrogens (primary N) is 1. The van der Waals surface area contributed by atoms with Gasteiger partial charge < -0.3 is 10.8 Å². The second-order valence-electron chi connectivity index (χ2n) is 4.91. The first kappa shape index (κ1) is 11.7. The average Bonchev–Trinajstić information content (AvgIpc) is 2.62. The maximum absolute atomic E-state index is 10.2. The number of halogens is 1. The number of rotatable bonds is 1. The van der Waals surface area contributed by atoms with E-state index in [1.54, 1.807) is 0 Å². The average molecular weight is 240 g/mol. The van der Waals surface area contributed by atoms with Gasteiger partial charge in [0.1, 0.15) is 5.75 Å². The Balaban J connectivity index is 2.60. The molecule has 0 aliphatic heterocycles. The number of benzene rings is 1. The van der Waals surface area contributed by atoms with Gasteiger partial charge in [-0.05, 0) is 37.8 Å². The lowest BCUT2D eigenvalue weighted by Crippen LogP contribution is -2.34. The maximum atomic E-state index is 10.2. The molecule has 2 rings (SSSR count). The van der Waals surface area contributed by atoms with E-state index in [2.05, 4.69) is 0 Å². The third kappa shape index (κ3) is 1.70. The molecular formula is C13H18ClNO. The van der Waals surface area contributed by atoms with Crippen molar-refractivity contribution in [3.8, 4) is 5.75 Å².